The minimum Gasteiger partial charge on any atom is -0.424 e. The van der Waals surface area contributed by atoms with Crippen LogP contribution in [-0.4, -0.2) is 9.97 Å². The van der Waals surface area contributed by atoms with E-state index >= 15 is 0 Å². The quantitative estimate of drug-likeness (QED) is 0.882. The SMILES string of the molecule is Cc1cc(Oc2nccc(CN)n2)ccc1F. The maximum Gasteiger partial charge on any atom is 0.322 e. The zero-order valence-corrected chi connectivity index (χ0v) is 9.35. The molecule has 17 heavy (non-hydrogen) atoms. The van der Waals surface area contributed by atoms with E-state index < -0.39 is 0 Å². The Kier molecular flexibility index (Phi) is 3.30. The van der Waals surface area contributed by atoms with Crippen LogP contribution < -0.4 is 10.5 Å². The van der Waals surface area contributed by atoms with Crippen LogP contribution in [0.2, 0.25) is 0 Å². The van der Waals surface area contributed by atoms with Gasteiger partial charge < -0.3 is 10.5 Å². The fourth-order valence-electron chi connectivity index (χ4n) is 1.32. The molecule has 0 atom stereocenters. The molecule has 0 spiro atoms. The first-order chi connectivity index (χ1) is 8.19. The van der Waals surface area contributed by atoms with Gasteiger partial charge in [-0.15, -0.1) is 0 Å². The molecule has 0 saturated carbocycles. The Morgan fingerprint density at radius 3 is 2.88 bits per heavy atom. The fourth-order valence-corrected chi connectivity index (χ4v) is 1.32. The summed E-state index contributed by atoms with van der Waals surface area (Å²) in [7, 11) is 0. The number of aromatic nitrogens is 2. The molecular weight excluding hydrogens is 221 g/mol. The van der Waals surface area contributed by atoms with Gasteiger partial charge in [-0.05, 0) is 36.8 Å². The number of hydrogen-bond acceptors (Lipinski definition) is 4. The molecule has 0 radical (unpaired) electrons. The maximum absolute atomic E-state index is 13.1. The van der Waals surface area contributed by atoms with Gasteiger partial charge in [-0.1, -0.05) is 0 Å². The minimum atomic E-state index is -0.269. The highest BCUT2D eigenvalue weighted by molar-refractivity contribution is 5.30. The summed E-state index contributed by atoms with van der Waals surface area (Å²) in [4.78, 5) is 8.04. The normalized spacial score (nSPS) is 10.3. The van der Waals surface area contributed by atoms with Gasteiger partial charge in [0.2, 0.25) is 0 Å². The van der Waals surface area contributed by atoms with Gasteiger partial charge in [0, 0.05) is 12.7 Å². The van der Waals surface area contributed by atoms with Crippen molar-refractivity contribution in [1.29, 1.82) is 0 Å². The number of rotatable bonds is 3. The van der Waals surface area contributed by atoms with Gasteiger partial charge in [-0.25, -0.2) is 9.37 Å². The average Bonchev–Trinajstić information content (AvgIpc) is 2.34. The lowest BCUT2D eigenvalue weighted by Gasteiger charge is -2.05. The molecule has 88 valence electrons. The van der Waals surface area contributed by atoms with Gasteiger partial charge in [-0.3, -0.25) is 0 Å². The van der Waals surface area contributed by atoms with Crippen LogP contribution in [0.25, 0.3) is 0 Å². The van der Waals surface area contributed by atoms with E-state index in [2.05, 4.69) is 9.97 Å². The van der Waals surface area contributed by atoms with Gasteiger partial charge in [0.15, 0.2) is 0 Å². The van der Waals surface area contributed by atoms with Crippen molar-refractivity contribution in [3.8, 4) is 11.8 Å². The number of ether oxygens (including phenoxy) is 1. The third kappa shape index (κ3) is 2.76. The molecule has 0 saturated heterocycles. The molecule has 2 rings (SSSR count). The van der Waals surface area contributed by atoms with Crippen molar-refractivity contribution >= 4 is 0 Å². The highest BCUT2D eigenvalue weighted by Crippen LogP contribution is 2.20. The molecule has 1 heterocycles. The van der Waals surface area contributed by atoms with Crippen molar-refractivity contribution in [1.82, 2.24) is 9.97 Å². The summed E-state index contributed by atoms with van der Waals surface area (Å²) in [6, 6.07) is 6.38. The first-order valence-electron chi connectivity index (χ1n) is 5.15. The molecule has 2 aromatic rings. The summed E-state index contributed by atoms with van der Waals surface area (Å²) in [5, 5.41) is 0. The molecule has 1 aromatic heterocycles. The summed E-state index contributed by atoms with van der Waals surface area (Å²) < 4.78 is 18.5. The van der Waals surface area contributed by atoms with E-state index in [1.165, 1.54) is 12.1 Å². The van der Waals surface area contributed by atoms with E-state index in [1.807, 2.05) is 0 Å². The molecule has 0 fully saturated rings. The van der Waals surface area contributed by atoms with Crippen molar-refractivity contribution in [3.63, 3.8) is 0 Å². The zero-order chi connectivity index (χ0) is 12.3. The largest absolute Gasteiger partial charge is 0.424 e. The van der Waals surface area contributed by atoms with E-state index in [0.29, 0.717) is 23.6 Å². The number of nitrogens with two attached hydrogens (primary N) is 1. The van der Waals surface area contributed by atoms with Crippen molar-refractivity contribution in [3.05, 3.63) is 47.5 Å². The minimum absolute atomic E-state index is 0.207. The Morgan fingerprint density at radius 2 is 2.18 bits per heavy atom. The van der Waals surface area contributed by atoms with Gasteiger partial charge >= 0.3 is 6.01 Å². The van der Waals surface area contributed by atoms with Crippen LogP contribution in [0.3, 0.4) is 0 Å². The highest BCUT2D eigenvalue weighted by atomic mass is 19.1. The Bertz CT molecular complexity index is 531. The van der Waals surface area contributed by atoms with Crippen LogP contribution in [-0.2, 0) is 6.54 Å². The Labute approximate surface area is 98.3 Å². The Hall–Kier alpha value is -2.01. The Balaban J connectivity index is 2.22. The number of hydrogen-bond donors (Lipinski definition) is 1. The lowest BCUT2D eigenvalue weighted by atomic mass is 10.2. The number of aryl methyl sites for hydroxylation is 1. The number of nitrogens with zero attached hydrogens (tertiary/aromatic N) is 2. The van der Waals surface area contributed by atoms with E-state index in [-0.39, 0.29) is 11.8 Å². The van der Waals surface area contributed by atoms with E-state index in [4.69, 9.17) is 10.5 Å². The van der Waals surface area contributed by atoms with Crippen LogP contribution in [0.5, 0.6) is 11.8 Å². The molecule has 0 amide bonds. The fraction of sp³-hybridized carbons (Fsp3) is 0.167. The average molecular weight is 233 g/mol. The summed E-state index contributed by atoms with van der Waals surface area (Å²) in [6.07, 6.45) is 1.57. The summed E-state index contributed by atoms with van der Waals surface area (Å²) in [5.74, 6) is 0.229. The second-order valence-corrected chi connectivity index (χ2v) is 3.55. The molecule has 0 bridgehead atoms. The lowest BCUT2D eigenvalue weighted by Crippen LogP contribution is -2.01. The van der Waals surface area contributed by atoms with Gasteiger partial charge in [0.05, 0.1) is 5.69 Å². The van der Waals surface area contributed by atoms with Crippen molar-refractivity contribution in [2.45, 2.75) is 13.5 Å². The lowest BCUT2D eigenvalue weighted by molar-refractivity contribution is 0.437. The predicted molar refractivity (Wildman–Crippen MR) is 61.1 cm³/mol. The topological polar surface area (TPSA) is 61.0 Å². The van der Waals surface area contributed by atoms with E-state index in [1.54, 1.807) is 25.3 Å². The third-order valence-electron chi connectivity index (χ3n) is 2.24. The zero-order valence-electron chi connectivity index (χ0n) is 9.35. The van der Waals surface area contributed by atoms with Gasteiger partial charge in [0.25, 0.3) is 0 Å². The van der Waals surface area contributed by atoms with E-state index in [0.717, 1.165) is 0 Å². The first kappa shape index (κ1) is 11.5. The third-order valence-corrected chi connectivity index (χ3v) is 2.24. The molecule has 1 aromatic carbocycles. The van der Waals surface area contributed by atoms with Crippen molar-refractivity contribution in [2.24, 2.45) is 5.73 Å². The second kappa shape index (κ2) is 4.88. The van der Waals surface area contributed by atoms with Crippen LogP contribution >= 0.6 is 0 Å². The van der Waals surface area contributed by atoms with Crippen molar-refractivity contribution < 1.29 is 9.13 Å². The predicted octanol–water partition coefficient (Wildman–Crippen LogP) is 2.18. The number of halogens is 1. The maximum atomic E-state index is 13.1. The number of benzene rings is 1. The Morgan fingerprint density at radius 1 is 1.35 bits per heavy atom. The molecule has 2 N–H and O–H groups in total. The molecule has 0 aliphatic heterocycles. The standard InChI is InChI=1S/C12H12FN3O/c1-8-6-10(2-3-11(8)13)17-12-15-5-4-9(7-14)16-12/h2-6H,7,14H2,1H3. The smallest absolute Gasteiger partial charge is 0.322 e. The molecule has 0 aliphatic rings. The van der Waals surface area contributed by atoms with Crippen LogP contribution in [0.15, 0.2) is 30.5 Å². The molecule has 0 unspecified atom stereocenters. The van der Waals surface area contributed by atoms with Gasteiger partial charge in [-0.2, -0.15) is 4.98 Å². The molecular formula is C12H12FN3O. The summed E-state index contributed by atoms with van der Waals surface area (Å²) in [6.45, 7) is 1.99. The van der Waals surface area contributed by atoms with Crippen LogP contribution in [0.4, 0.5) is 4.39 Å². The molecule has 4 nitrogen and oxygen atoms in total. The van der Waals surface area contributed by atoms with Gasteiger partial charge in [0.1, 0.15) is 11.6 Å². The van der Waals surface area contributed by atoms with Crippen molar-refractivity contribution in [2.75, 3.05) is 0 Å². The summed E-state index contributed by atoms with van der Waals surface area (Å²) in [5.41, 5.74) is 6.66. The molecule has 0 aliphatic carbocycles. The van der Waals surface area contributed by atoms with E-state index in [9.17, 15) is 4.39 Å². The molecule has 5 heteroatoms. The monoisotopic (exact) mass is 233 g/mol. The first-order valence-corrected chi connectivity index (χ1v) is 5.15. The van der Waals surface area contributed by atoms with Crippen LogP contribution in [0.1, 0.15) is 11.3 Å². The van der Waals surface area contributed by atoms with Crippen LogP contribution in [0, 0.1) is 12.7 Å². The summed E-state index contributed by atoms with van der Waals surface area (Å²) >= 11 is 0. The highest BCUT2D eigenvalue weighted by Gasteiger charge is 2.04. The second-order valence-electron chi connectivity index (χ2n) is 3.55.